The largest absolute Gasteiger partial charge is 0.324 e. The van der Waals surface area contributed by atoms with Crippen molar-refractivity contribution in [3.63, 3.8) is 0 Å². The van der Waals surface area contributed by atoms with Crippen molar-refractivity contribution in [1.29, 1.82) is 0 Å². The van der Waals surface area contributed by atoms with Crippen LogP contribution in [0.2, 0.25) is 0 Å². The van der Waals surface area contributed by atoms with Gasteiger partial charge < -0.3 is 10.2 Å². The molecule has 0 radical (unpaired) electrons. The third-order valence-electron chi connectivity index (χ3n) is 6.14. The van der Waals surface area contributed by atoms with E-state index < -0.39 is 10.0 Å². The minimum atomic E-state index is -3.71. The lowest BCUT2D eigenvalue weighted by Gasteiger charge is -2.16. The minimum absolute atomic E-state index is 0.0430. The maximum Gasteiger partial charge on any atom is 0.240 e. The molecule has 0 saturated carbocycles. The van der Waals surface area contributed by atoms with Gasteiger partial charge in [-0.25, -0.2) is 27.5 Å². The minimum Gasteiger partial charge on any atom is -0.324 e. The van der Waals surface area contributed by atoms with Crippen LogP contribution in [0.5, 0.6) is 0 Å². The van der Waals surface area contributed by atoms with E-state index >= 15 is 0 Å². The van der Waals surface area contributed by atoms with Gasteiger partial charge in [-0.1, -0.05) is 30.3 Å². The molecule has 5 rings (SSSR count). The van der Waals surface area contributed by atoms with Crippen molar-refractivity contribution in [3.8, 4) is 11.3 Å². The van der Waals surface area contributed by atoms with Crippen LogP contribution in [0.15, 0.2) is 83.9 Å². The summed E-state index contributed by atoms with van der Waals surface area (Å²) >= 11 is 0. The first kappa shape index (κ1) is 24.5. The molecule has 0 atom stereocenters. The molecule has 0 unspecified atom stereocenters. The molecule has 8 nitrogen and oxygen atoms in total. The fourth-order valence-corrected chi connectivity index (χ4v) is 5.15. The second-order valence-electron chi connectivity index (χ2n) is 8.64. The number of hydrogen-bond acceptors (Lipinski definition) is 6. The maximum atomic E-state index is 13.0. The number of sulfonamides is 1. The van der Waals surface area contributed by atoms with Crippen molar-refractivity contribution < 1.29 is 17.6 Å². The number of nitrogens with one attached hydrogen (secondary N) is 2. The van der Waals surface area contributed by atoms with E-state index in [2.05, 4.69) is 20.0 Å². The number of benzene rings is 3. The molecule has 1 aliphatic rings. The molecule has 0 spiro atoms. The number of halogens is 1. The first-order chi connectivity index (χ1) is 17.8. The Bertz CT molecular complexity index is 1560. The van der Waals surface area contributed by atoms with Gasteiger partial charge in [0.05, 0.1) is 22.7 Å². The van der Waals surface area contributed by atoms with Crippen LogP contribution in [0, 0.1) is 5.82 Å². The predicted octanol–water partition coefficient (Wildman–Crippen LogP) is 4.07. The second-order valence-corrected chi connectivity index (χ2v) is 10.4. The van der Waals surface area contributed by atoms with Crippen LogP contribution in [0.1, 0.15) is 11.1 Å². The summed E-state index contributed by atoms with van der Waals surface area (Å²) in [5, 5.41) is 3.11. The van der Waals surface area contributed by atoms with Gasteiger partial charge >= 0.3 is 0 Å². The predicted molar refractivity (Wildman–Crippen MR) is 140 cm³/mol. The molecule has 0 saturated heterocycles. The van der Waals surface area contributed by atoms with E-state index in [4.69, 9.17) is 0 Å². The van der Waals surface area contributed by atoms with Crippen molar-refractivity contribution in [2.45, 2.75) is 17.7 Å². The highest BCUT2D eigenvalue weighted by atomic mass is 32.2. The van der Waals surface area contributed by atoms with Crippen molar-refractivity contribution in [3.05, 3.63) is 95.9 Å². The highest BCUT2D eigenvalue weighted by Gasteiger charge is 2.24. The number of carbonyl (C=O) groups excluding carboxylic acids is 1. The van der Waals surface area contributed by atoms with Crippen molar-refractivity contribution >= 4 is 33.3 Å². The number of rotatable bonds is 7. The molecule has 0 bridgehead atoms. The molecule has 0 fully saturated rings. The van der Waals surface area contributed by atoms with Gasteiger partial charge in [-0.05, 0) is 54.4 Å². The molecule has 4 aromatic rings. The SMILES string of the molecule is CN1C(=O)Cc2cnc(Nc3ccc(S(=O)(=O)NCCc4ccc(F)cc4)cc3)nc2-c2ccccc21. The van der Waals surface area contributed by atoms with Gasteiger partial charge in [0.1, 0.15) is 5.82 Å². The number of carbonyl (C=O) groups is 1. The summed E-state index contributed by atoms with van der Waals surface area (Å²) in [6, 6.07) is 19.8. The fraction of sp³-hybridized carbons (Fsp3) is 0.148. The third kappa shape index (κ3) is 5.35. The van der Waals surface area contributed by atoms with Crippen LogP contribution in [0.4, 0.5) is 21.7 Å². The average molecular weight is 518 g/mol. The van der Waals surface area contributed by atoms with Crippen LogP contribution in [-0.2, 0) is 27.7 Å². The Morgan fingerprint density at radius 1 is 1.00 bits per heavy atom. The first-order valence-electron chi connectivity index (χ1n) is 11.6. The molecule has 3 aromatic carbocycles. The zero-order chi connectivity index (χ0) is 26.0. The number of nitrogens with zero attached hydrogens (tertiary/aromatic N) is 3. The number of anilines is 3. The normalized spacial score (nSPS) is 13.0. The molecule has 1 amide bonds. The van der Waals surface area contributed by atoms with Crippen molar-refractivity contribution in [2.75, 3.05) is 23.8 Å². The molecule has 1 aromatic heterocycles. The highest BCUT2D eigenvalue weighted by Crippen LogP contribution is 2.35. The zero-order valence-electron chi connectivity index (χ0n) is 20.0. The Kier molecular flexibility index (Phi) is 6.68. The summed E-state index contributed by atoms with van der Waals surface area (Å²) in [6.45, 7) is 0.191. The Labute approximate surface area is 214 Å². The van der Waals surface area contributed by atoms with Gasteiger partial charge in [0.25, 0.3) is 0 Å². The highest BCUT2D eigenvalue weighted by molar-refractivity contribution is 7.89. The lowest BCUT2D eigenvalue weighted by Crippen LogP contribution is -2.26. The van der Waals surface area contributed by atoms with Gasteiger partial charge in [-0.3, -0.25) is 4.79 Å². The smallest absolute Gasteiger partial charge is 0.240 e. The van der Waals surface area contributed by atoms with Gasteiger partial charge in [0, 0.05) is 36.6 Å². The number of hydrogen-bond donors (Lipinski definition) is 2. The molecule has 0 aliphatic carbocycles. The Balaban J connectivity index is 1.29. The van der Waals surface area contributed by atoms with Crippen LogP contribution in [-0.4, -0.2) is 37.9 Å². The van der Waals surface area contributed by atoms with Gasteiger partial charge in [0.2, 0.25) is 21.9 Å². The van der Waals surface area contributed by atoms with Crippen LogP contribution in [0.25, 0.3) is 11.3 Å². The molecule has 2 N–H and O–H groups in total. The summed E-state index contributed by atoms with van der Waals surface area (Å²) < 4.78 is 40.9. The topological polar surface area (TPSA) is 104 Å². The van der Waals surface area contributed by atoms with Crippen molar-refractivity contribution in [1.82, 2.24) is 14.7 Å². The standard InChI is InChI=1S/C27H24FN5O3S/c1-33-24-5-3-2-4-23(24)26-19(16-25(33)34)17-29-27(32-26)31-21-10-12-22(13-11-21)37(35,36)30-15-14-18-6-8-20(28)9-7-18/h2-13,17,30H,14-16H2,1H3,(H,29,31,32). The van der Waals surface area contributed by atoms with E-state index in [0.717, 1.165) is 22.4 Å². The number of likely N-dealkylation sites (N-methyl/N-ethyl adjacent to an activating group) is 1. The average Bonchev–Trinajstić information content (AvgIpc) is 3.00. The number of aromatic nitrogens is 2. The van der Waals surface area contributed by atoms with E-state index in [0.29, 0.717) is 23.8 Å². The Morgan fingerprint density at radius 3 is 2.49 bits per heavy atom. The lowest BCUT2D eigenvalue weighted by molar-refractivity contribution is -0.117. The molecular formula is C27H24FN5O3S. The van der Waals surface area contributed by atoms with Gasteiger partial charge in [0.15, 0.2) is 0 Å². The zero-order valence-corrected chi connectivity index (χ0v) is 20.8. The maximum absolute atomic E-state index is 13.0. The quantitative estimate of drug-likeness (QED) is 0.383. The monoisotopic (exact) mass is 517 g/mol. The van der Waals surface area contributed by atoms with Crippen LogP contribution < -0.4 is 14.9 Å². The number of amides is 1. The summed E-state index contributed by atoms with van der Waals surface area (Å²) in [6.07, 6.45) is 2.28. The summed E-state index contributed by atoms with van der Waals surface area (Å²) in [4.78, 5) is 23.3. The van der Waals surface area contributed by atoms with Crippen molar-refractivity contribution in [2.24, 2.45) is 0 Å². The number of fused-ring (bicyclic) bond motifs is 3. The lowest BCUT2D eigenvalue weighted by atomic mass is 10.1. The Hall–Kier alpha value is -4.15. The molecule has 188 valence electrons. The fourth-order valence-electron chi connectivity index (χ4n) is 4.12. The summed E-state index contributed by atoms with van der Waals surface area (Å²) in [5.74, 6) is -0.0426. The van der Waals surface area contributed by atoms with Gasteiger partial charge in [-0.2, -0.15) is 0 Å². The molecular weight excluding hydrogens is 493 g/mol. The van der Waals surface area contributed by atoms with Gasteiger partial charge in [-0.15, -0.1) is 0 Å². The molecule has 1 aliphatic heterocycles. The van der Waals surface area contributed by atoms with E-state index in [9.17, 15) is 17.6 Å². The van der Waals surface area contributed by atoms with Crippen LogP contribution >= 0.6 is 0 Å². The second kappa shape index (κ2) is 10.1. The summed E-state index contributed by atoms with van der Waals surface area (Å²) in [5.41, 5.74) is 4.47. The van der Waals surface area contributed by atoms with E-state index in [1.165, 1.54) is 24.3 Å². The first-order valence-corrected chi connectivity index (χ1v) is 13.1. The van der Waals surface area contributed by atoms with E-state index in [1.807, 2.05) is 24.3 Å². The van der Waals surface area contributed by atoms with Crippen LogP contribution in [0.3, 0.4) is 0 Å². The molecule has 37 heavy (non-hydrogen) atoms. The van der Waals surface area contributed by atoms with E-state index in [-0.39, 0.29) is 29.6 Å². The van der Waals surface area contributed by atoms with E-state index in [1.54, 1.807) is 42.4 Å². The molecule has 10 heteroatoms. The third-order valence-corrected chi connectivity index (χ3v) is 7.62. The summed E-state index contributed by atoms with van der Waals surface area (Å²) in [7, 11) is -1.96. The molecule has 2 heterocycles. The number of para-hydroxylation sites is 1. The Morgan fingerprint density at radius 2 is 1.73 bits per heavy atom.